The summed E-state index contributed by atoms with van der Waals surface area (Å²) in [5, 5.41) is 0.847. The van der Waals surface area contributed by atoms with Gasteiger partial charge in [-0.15, -0.1) is 0 Å². The fourth-order valence-corrected chi connectivity index (χ4v) is 3.09. The molecule has 2 N–H and O–H groups in total. The summed E-state index contributed by atoms with van der Waals surface area (Å²) in [5.41, 5.74) is 10.5. The van der Waals surface area contributed by atoms with Crippen molar-refractivity contribution in [2.75, 3.05) is 12.3 Å². The third-order valence-corrected chi connectivity index (χ3v) is 4.59. The average molecular weight is 287 g/mol. The van der Waals surface area contributed by atoms with Gasteiger partial charge in [0.05, 0.1) is 0 Å². The normalized spacial score (nSPS) is 12.4. The highest BCUT2D eigenvalue weighted by Crippen LogP contribution is 2.24. The maximum absolute atomic E-state index is 5.90. The topological polar surface area (TPSA) is 51.8 Å². The standard InChI is InChI=1S/C16H21N3S/c1-11-12(2)18-16(19-13(11)3)20-10-15(9-17)14-7-5-4-6-8-14/h4-8,15H,9-10,17H2,1-3H3. The highest BCUT2D eigenvalue weighted by molar-refractivity contribution is 7.99. The Kier molecular flexibility index (Phi) is 5.15. The summed E-state index contributed by atoms with van der Waals surface area (Å²) in [6.45, 7) is 6.77. The van der Waals surface area contributed by atoms with E-state index in [1.165, 1.54) is 11.1 Å². The zero-order chi connectivity index (χ0) is 14.5. The van der Waals surface area contributed by atoms with Crippen LogP contribution in [0, 0.1) is 20.8 Å². The first-order chi connectivity index (χ1) is 9.61. The molecule has 0 spiro atoms. The first-order valence-electron chi connectivity index (χ1n) is 6.81. The van der Waals surface area contributed by atoms with Crippen LogP contribution in [0.3, 0.4) is 0 Å². The number of aromatic nitrogens is 2. The smallest absolute Gasteiger partial charge is 0.188 e. The first-order valence-corrected chi connectivity index (χ1v) is 7.80. The van der Waals surface area contributed by atoms with Crippen molar-refractivity contribution in [1.29, 1.82) is 0 Å². The summed E-state index contributed by atoms with van der Waals surface area (Å²) in [4.78, 5) is 9.09. The third-order valence-electron chi connectivity index (χ3n) is 3.58. The van der Waals surface area contributed by atoms with Crippen LogP contribution in [0.15, 0.2) is 35.5 Å². The van der Waals surface area contributed by atoms with E-state index in [0.717, 1.165) is 22.3 Å². The summed E-state index contributed by atoms with van der Waals surface area (Å²) >= 11 is 1.68. The van der Waals surface area contributed by atoms with E-state index in [1.54, 1.807) is 11.8 Å². The lowest BCUT2D eigenvalue weighted by Gasteiger charge is -2.14. The number of aryl methyl sites for hydroxylation is 2. The number of thioether (sulfide) groups is 1. The van der Waals surface area contributed by atoms with Crippen LogP contribution < -0.4 is 5.73 Å². The molecule has 2 rings (SSSR count). The zero-order valence-electron chi connectivity index (χ0n) is 12.3. The summed E-state index contributed by atoms with van der Waals surface area (Å²) in [7, 11) is 0. The van der Waals surface area contributed by atoms with E-state index in [0.29, 0.717) is 12.5 Å². The Morgan fingerprint density at radius 3 is 2.20 bits per heavy atom. The largest absolute Gasteiger partial charge is 0.330 e. The van der Waals surface area contributed by atoms with Gasteiger partial charge in [-0.3, -0.25) is 0 Å². The molecule has 0 aliphatic carbocycles. The van der Waals surface area contributed by atoms with Gasteiger partial charge in [-0.25, -0.2) is 9.97 Å². The zero-order valence-corrected chi connectivity index (χ0v) is 13.1. The molecule has 106 valence electrons. The second-order valence-electron chi connectivity index (χ2n) is 4.96. The fourth-order valence-electron chi connectivity index (χ4n) is 2.01. The molecule has 20 heavy (non-hydrogen) atoms. The van der Waals surface area contributed by atoms with Crippen LogP contribution in [0.4, 0.5) is 0 Å². The van der Waals surface area contributed by atoms with E-state index < -0.39 is 0 Å². The van der Waals surface area contributed by atoms with Crippen molar-refractivity contribution in [3.8, 4) is 0 Å². The number of hydrogen-bond donors (Lipinski definition) is 1. The Morgan fingerprint density at radius 1 is 1.05 bits per heavy atom. The molecule has 1 heterocycles. The minimum atomic E-state index is 0.340. The summed E-state index contributed by atoms with van der Waals surface area (Å²) < 4.78 is 0. The predicted molar refractivity (Wildman–Crippen MR) is 85.2 cm³/mol. The Labute approximate surface area is 125 Å². The molecular formula is C16H21N3S. The van der Waals surface area contributed by atoms with Gasteiger partial charge in [0.2, 0.25) is 0 Å². The molecule has 0 fully saturated rings. The van der Waals surface area contributed by atoms with Crippen molar-refractivity contribution in [2.45, 2.75) is 31.8 Å². The van der Waals surface area contributed by atoms with Crippen LogP contribution in [0.25, 0.3) is 0 Å². The molecule has 1 aromatic heterocycles. The maximum Gasteiger partial charge on any atom is 0.188 e. The van der Waals surface area contributed by atoms with Gasteiger partial charge in [0.25, 0.3) is 0 Å². The fraction of sp³-hybridized carbons (Fsp3) is 0.375. The Morgan fingerprint density at radius 2 is 1.65 bits per heavy atom. The van der Waals surface area contributed by atoms with E-state index in [9.17, 15) is 0 Å². The van der Waals surface area contributed by atoms with Gasteiger partial charge in [-0.1, -0.05) is 42.1 Å². The molecule has 0 radical (unpaired) electrons. The lowest BCUT2D eigenvalue weighted by molar-refractivity contribution is 0.780. The van der Waals surface area contributed by atoms with E-state index in [2.05, 4.69) is 41.2 Å². The van der Waals surface area contributed by atoms with Crippen molar-refractivity contribution in [3.05, 3.63) is 52.8 Å². The molecule has 0 aliphatic heterocycles. The molecule has 0 saturated heterocycles. The molecule has 4 heteroatoms. The SMILES string of the molecule is Cc1nc(SCC(CN)c2ccccc2)nc(C)c1C. The number of hydrogen-bond acceptors (Lipinski definition) is 4. The monoisotopic (exact) mass is 287 g/mol. The van der Waals surface area contributed by atoms with Crippen LogP contribution in [0.5, 0.6) is 0 Å². The van der Waals surface area contributed by atoms with Crippen LogP contribution in [0.2, 0.25) is 0 Å². The molecule has 0 amide bonds. The number of benzene rings is 1. The minimum Gasteiger partial charge on any atom is -0.330 e. The summed E-state index contributed by atoms with van der Waals surface area (Å²) in [6.07, 6.45) is 0. The molecule has 1 atom stereocenters. The van der Waals surface area contributed by atoms with Gasteiger partial charge >= 0.3 is 0 Å². The summed E-state index contributed by atoms with van der Waals surface area (Å²) in [6, 6.07) is 10.4. The van der Waals surface area contributed by atoms with Gasteiger partial charge in [0, 0.05) is 23.1 Å². The number of nitrogens with zero attached hydrogens (tertiary/aromatic N) is 2. The van der Waals surface area contributed by atoms with Crippen LogP contribution in [0.1, 0.15) is 28.4 Å². The third kappa shape index (κ3) is 3.58. The van der Waals surface area contributed by atoms with Gasteiger partial charge in [-0.05, 0) is 38.4 Å². The van der Waals surface area contributed by atoms with Crippen molar-refractivity contribution in [1.82, 2.24) is 9.97 Å². The number of rotatable bonds is 5. The highest BCUT2D eigenvalue weighted by atomic mass is 32.2. The van der Waals surface area contributed by atoms with E-state index >= 15 is 0 Å². The molecular weight excluding hydrogens is 266 g/mol. The van der Waals surface area contributed by atoms with Crippen molar-refractivity contribution in [2.24, 2.45) is 5.73 Å². The van der Waals surface area contributed by atoms with Crippen LogP contribution in [-0.2, 0) is 0 Å². The second-order valence-corrected chi connectivity index (χ2v) is 5.94. The summed E-state index contributed by atoms with van der Waals surface area (Å²) in [5.74, 6) is 1.24. The quantitative estimate of drug-likeness (QED) is 0.677. The maximum atomic E-state index is 5.90. The van der Waals surface area contributed by atoms with Crippen LogP contribution >= 0.6 is 11.8 Å². The van der Waals surface area contributed by atoms with Gasteiger partial charge in [0.15, 0.2) is 5.16 Å². The van der Waals surface area contributed by atoms with Gasteiger partial charge in [-0.2, -0.15) is 0 Å². The molecule has 2 aromatic rings. The van der Waals surface area contributed by atoms with Crippen LogP contribution in [-0.4, -0.2) is 22.3 Å². The molecule has 1 unspecified atom stereocenters. The molecule has 0 saturated carbocycles. The highest BCUT2D eigenvalue weighted by Gasteiger charge is 2.12. The average Bonchev–Trinajstić information content (AvgIpc) is 2.46. The minimum absolute atomic E-state index is 0.340. The molecule has 1 aromatic carbocycles. The van der Waals surface area contributed by atoms with E-state index in [1.807, 2.05) is 19.9 Å². The Bertz CT molecular complexity index is 546. The van der Waals surface area contributed by atoms with Gasteiger partial charge < -0.3 is 5.73 Å². The van der Waals surface area contributed by atoms with Crippen molar-refractivity contribution < 1.29 is 0 Å². The number of nitrogens with two attached hydrogens (primary N) is 1. The Balaban J connectivity index is 2.07. The van der Waals surface area contributed by atoms with E-state index in [-0.39, 0.29) is 0 Å². The van der Waals surface area contributed by atoms with Crippen molar-refractivity contribution >= 4 is 11.8 Å². The molecule has 3 nitrogen and oxygen atoms in total. The van der Waals surface area contributed by atoms with Crippen molar-refractivity contribution in [3.63, 3.8) is 0 Å². The lowest BCUT2D eigenvalue weighted by Crippen LogP contribution is -2.15. The predicted octanol–water partition coefficient (Wildman–Crippen LogP) is 3.24. The van der Waals surface area contributed by atoms with E-state index in [4.69, 9.17) is 5.73 Å². The second kappa shape index (κ2) is 6.86. The van der Waals surface area contributed by atoms with Gasteiger partial charge in [0.1, 0.15) is 0 Å². The molecule has 0 bridgehead atoms. The first kappa shape index (κ1) is 15.0. The molecule has 0 aliphatic rings. The lowest BCUT2D eigenvalue weighted by atomic mass is 10.0. The Hall–Kier alpha value is -1.39.